The van der Waals surface area contributed by atoms with E-state index < -0.39 is 5.97 Å². The Kier molecular flexibility index (Phi) is 4.45. The molecule has 0 radical (unpaired) electrons. The van der Waals surface area contributed by atoms with Gasteiger partial charge in [0.2, 0.25) is 0 Å². The number of rotatable bonds is 4. The van der Waals surface area contributed by atoms with E-state index in [0.29, 0.717) is 16.8 Å². The summed E-state index contributed by atoms with van der Waals surface area (Å²) in [4.78, 5) is 11.2. The lowest BCUT2D eigenvalue weighted by Gasteiger charge is -2.12. The van der Waals surface area contributed by atoms with Crippen molar-refractivity contribution in [3.8, 4) is 5.75 Å². The summed E-state index contributed by atoms with van der Waals surface area (Å²) in [6, 6.07) is 11.0. The maximum atomic E-state index is 11.2. The van der Waals surface area contributed by atoms with Gasteiger partial charge in [0.25, 0.3) is 0 Å². The molecule has 0 saturated carbocycles. The Balaban J connectivity index is 2.22. The van der Waals surface area contributed by atoms with Crippen LogP contribution in [-0.4, -0.2) is 11.1 Å². The zero-order valence-corrected chi connectivity index (χ0v) is 12.9. The van der Waals surface area contributed by atoms with Crippen molar-refractivity contribution < 1.29 is 14.6 Å². The summed E-state index contributed by atoms with van der Waals surface area (Å²) in [5.74, 6) is -0.639. The molecule has 0 spiro atoms. The lowest BCUT2D eigenvalue weighted by atomic mass is 10.1. The highest BCUT2D eigenvalue weighted by Crippen LogP contribution is 2.30. The number of carboxylic acid groups (broad SMARTS) is 1. The SMILES string of the molecule is Cc1ccc(COc2c(Br)cccc2C(=O)O)cc1C. The van der Waals surface area contributed by atoms with Crippen LogP contribution in [0.15, 0.2) is 40.9 Å². The molecule has 0 fully saturated rings. The number of benzene rings is 2. The third-order valence-corrected chi connectivity index (χ3v) is 3.78. The van der Waals surface area contributed by atoms with E-state index in [1.807, 2.05) is 25.1 Å². The van der Waals surface area contributed by atoms with Gasteiger partial charge in [0.1, 0.15) is 17.9 Å². The molecular formula is C16H15BrO3. The number of halogens is 1. The van der Waals surface area contributed by atoms with Crippen LogP contribution in [-0.2, 0) is 6.61 Å². The van der Waals surface area contributed by atoms with Gasteiger partial charge in [-0.2, -0.15) is 0 Å². The van der Waals surface area contributed by atoms with Crippen molar-refractivity contribution in [2.75, 3.05) is 0 Å². The van der Waals surface area contributed by atoms with Crippen molar-refractivity contribution in [3.05, 3.63) is 63.1 Å². The standard InChI is InChI=1S/C16H15BrO3/c1-10-6-7-12(8-11(10)2)9-20-15-13(16(18)19)4-3-5-14(15)17/h3-8H,9H2,1-2H3,(H,18,19). The molecule has 0 aliphatic heterocycles. The van der Waals surface area contributed by atoms with Gasteiger partial charge in [-0.1, -0.05) is 24.3 Å². The molecule has 0 aromatic heterocycles. The fourth-order valence-electron chi connectivity index (χ4n) is 1.87. The first-order chi connectivity index (χ1) is 9.49. The summed E-state index contributed by atoms with van der Waals surface area (Å²) in [6.07, 6.45) is 0. The van der Waals surface area contributed by atoms with Crippen LogP contribution in [0.2, 0.25) is 0 Å². The van der Waals surface area contributed by atoms with Gasteiger partial charge in [0.05, 0.1) is 4.47 Å². The molecule has 0 bridgehead atoms. The van der Waals surface area contributed by atoms with E-state index in [4.69, 9.17) is 9.84 Å². The molecule has 4 heteroatoms. The Morgan fingerprint density at radius 2 is 1.95 bits per heavy atom. The van der Waals surface area contributed by atoms with E-state index in [9.17, 15) is 4.79 Å². The first-order valence-electron chi connectivity index (χ1n) is 6.20. The summed E-state index contributed by atoms with van der Waals surface area (Å²) in [5, 5.41) is 9.17. The Morgan fingerprint density at radius 1 is 1.20 bits per heavy atom. The molecule has 104 valence electrons. The summed E-state index contributed by atoms with van der Waals surface area (Å²) in [7, 11) is 0. The highest BCUT2D eigenvalue weighted by atomic mass is 79.9. The molecule has 3 nitrogen and oxygen atoms in total. The third kappa shape index (κ3) is 3.20. The minimum absolute atomic E-state index is 0.156. The molecule has 0 heterocycles. The number of para-hydroxylation sites is 1. The maximum absolute atomic E-state index is 11.2. The molecular weight excluding hydrogens is 320 g/mol. The molecule has 0 amide bonds. The molecule has 1 N–H and O–H groups in total. The Labute approximate surface area is 126 Å². The summed E-state index contributed by atoms with van der Waals surface area (Å²) < 4.78 is 6.32. The number of aryl methyl sites for hydroxylation is 2. The molecule has 2 rings (SSSR count). The molecule has 0 aliphatic carbocycles. The second-order valence-electron chi connectivity index (χ2n) is 4.63. The van der Waals surface area contributed by atoms with Crippen LogP contribution in [0.25, 0.3) is 0 Å². The molecule has 0 atom stereocenters. The van der Waals surface area contributed by atoms with E-state index in [2.05, 4.69) is 22.9 Å². The van der Waals surface area contributed by atoms with Gasteiger partial charge < -0.3 is 9.84 Å². The second-order valence-corrected chi connectivity index (χ2v) is 5.48. The third-order valence-electron chi connectivity index (χ3n) is 3.15. The van der Waals surface area contributed by atoms with Crippen LogP contribution in [0.5, 0.6) is 5.75 Å². The van der Waals surface area contributed by atoms with Crippen LogP contribution < -0.4 is 4.74 Å². The van der Waals surface area contributed by atoms with Crippen molar-refractivity contribution in [1.82, 2.24) is 0 Å². The van der Waals surface area contributed by atoms with Gasteiger partial charge in [-0.25, -0.2) is 4.79 Å². The predicted octanol–water partition coefficient (Wildman–Crippen LogP) is 4.34. The van der Waals surface area contributed by atoms with E-state index in [1.54, 1.807) is 12.1 Å². The lowest BCUT2D eigenvalue weighted by molar-refractivity contribution is 0.0691. The highest BCUT2D eigenvalue weighted by molar-refractivity contribution is 9.10. The number of carboxylic acids is 1. The van der Waals surface area contributed by atoms with Crippen LogP contribution in [0.3, 0.4) is 0 Å². The Morgan fingerprint density at radius 3 is 2.60 bits per heavy atom. The fraction of sp³-hybridized carbons (Fsp3) is 0.188. The average Bonchev–Trinajstić information content (AvgIpc) is 2.40. The molecule has 0 unspecified atom stereocenters. The van der Waals surface area contributed by atoms with Crippen molar-refractivity contribution in [3.63, 3.8) is 0 Å². The Bertz CT molecular complexity index is 650. The lowest BCUT2D eigenvalue weighted by Crippen LogP contribution is -2.04. The summed E-state index contributed by atoms with van der Waals surface area (Å²) in [5.41, 5.74) is 3.58. The predicted molar refractivity (Wildman–Crippen MR) is 81.3 cm³/mol. The number of aromatic carboxylic acids is 1. The van der Waals surface area contributed by atoms with E-state index in [0.717, 1.165) is 5.56 Å². The van der Waals surface area contributed by atoms with E-state index >= 15 is 0 Å². The largest absolute Gasteiger partial charge is 0.487 e. The zero-order valence-electron chi connectivity index (χ0n) is 11.3. The molecule has 20 heavy (non-hydrogen) atoms. The van der Waals surface area contributed by atoms with Crippen LogP contribution >= 0.6 is 15.9 Å². The van der Waals surface area contributed by atoms with Crippen LogP contribution in [0.4, 0.5) is 0 Å². The van der Waals surface area contributed by atoms with Gasteiger partial charge in [-0.05, 0) is 58.6 Å². The van der Waals surface area contributed by atoms with Crippen LogP contribution in [0.1, 0.15) is 27.0 Å². The van der Waals surface area contributed by atoms with Crippen molar-refractivity contribution in [2.45, 2.75) is 20.5 Å². The first kappa shape index (κ1) is 14.6. The van der Waals surface area contributed by atoms with Crippen molar-refractivity contribution in [2.24, 2.45) is 0 Å². The number of carbonyl (C=O) groups is 1. The first-order valence-corrected chi connectivity index (χ1v) is 6.99. The molecule has 2 aromatic rings. The summed E-state index contributed by atoms with van der Waals surface area (Å²) in [6.45, 7) is 4.43. The minimum Gasteiger partial charge on any atom is -0.487 e. The van der Waals surface area contributed by atoms with Gasteiger partial charge in [0, 0.05) is 0 Å². The van der Waals surface area contributed by atoms with Gasteiger partial charge in [-0.15, -0.1) is 0 Å². The number of hydrogen-bond donors (Lipinski definition) is 1. The molecule has 2 aromatic carbocycles. The van der Waals surface area contributed by atoms with Gasteiger partial charge in [0.15, 0.2) is 0 Å². The van der Waals surface area contributed by atoms with Gasteiger partial charge in [-0.3, -0.25) is 0 Å². The topological polar surface area (TPSA) is 46.5 Å². The van der Waals surface area contributed by atoms with Crippen LogP contribution in [0, 0.1) is 13.8 Å². The fourth-order valence-corrected chi connectivity index (χ4v) is 2.35. The maximum Gasteiger partial charge on any atom is 0.339 e. The molecule has 0 aliphatic rings. The smallest absolute Gasteiger partial charge is 0.339 e. The monoisotopic (exact) mass is 334 g/mol. The second kappa shape index (κ2) is 6.09. The summed E-state index contributed by atoms with van der Waals surface area (Å²) >= 11 is 3.33. The van der Waals surface area contributed by atoms with E-state index in [-0.39, 0.29) is 5.56 Å². The normalized spacial score (nSPS) is 10.3. The van der Waals surface area contributed by atoms with Crippen molar-refractivity contribution in [1.29, 1.82) is 0 Å². The Hall–Kier alpha value is -1.81. The molecule has 0 saturated heterocycles. The minimum atomic E-state index is -0.999. The van der Waals surface area contributed by atoms with Crippen molar-refractivity contribution >= 4 is 21.9 Å². The number of hydrogen-bond acceptors (Lipinski definition) is 2. The quantitative estimate of drug-likeness (QED) is 0.904. The van der Waals surface area contributed by atoms with Gasteiger partial charge >= 0.3 is 5.97 Å². The zero-order chi connectivity index (χ0) is 14.7. The van der Waals surface area contributed by atoms with E-state index in [1.165, 1.54) is 17.2 Å². The average molecular weight is 335 g/mol. The highest BCUT2D eigenvalue weighted by Gasteiger charge is 2.14. The number of ether oxygens (including phenoxy) is 1.